The van der Waals surface area contributed by atoms with Gasteiger partial charge < -0.3 is 9.47 Å². The molecule has 0 saturated heterocycles. The maximum Gasteiger partial charge on any atom is 0.508 e. The third-order valence-corrected chi connectivity index (χ3v) is 11.2. The van der Waals surface area contributed by atoms with Crippen LogP contribution in [0.4, 0.5) is 4.79 Å². The van der Waals surface area contributed by atoms with E-state index in [0.29, 0.717) is 17.4 Å². The lowest BCUT2D eigenvalue weighted by atomic mass is 9.47. The standard InChI is InChI=1S/C32H54O3/c1-7-8-20-34-30(33)35-25-16-18-31(5)24(21-25)12-13-26-28-15-14-27(23(4)11-9-10-22(2)3)32(28,6)19-17-29(26)31/h12,22-23,25-29H,7-11,13-21H2,1-6H3/t23?,25-,26-,27+,28-,29-,31-,32+/m0/s1. The van der Waals surface area contributed by atoms with Crippen LogP contribution in [-0.2, 0) is 9.47 Å². The van der Waals surface area contributed by atoms with Crippen molar-refractivity contribution in [2.75, 3.05) is 6.61 Å². The zero-order valence-electron chi connectivity index (χ0n) is 23.7. The molecule has 3 nitrogen and oxygen atoms in total. The highest BCUT2D eigenvalue weighted by molar-refractivity contribution is 5.60. The van der Waals surface area contributed by atoms with Crippen LogP contribution in [0.2, 0.25) is 0 Å². The van der Waals surface area contributed by atoms with Crippen LogP contribution in [-0.4, -0.2) is 18.9 Å². The van der Waals surface area contributed by atoms with Crippen molar-refractivity contribution in [3.05, 3.63) is 11.6 Å². The molecule has 8 atom stereocenters. The molecule has 0 heterocycles. The second kappa shape index (κ2) is 11.2. The van der Waals surface area contributed by atoms with Crippen LogP contribution in [0.15, 0.2) is 11.6 Å². The second-order valence-electron chi connectivity index (χ2n) is 13.7. The summed E-state index contributed by atoms with van der Waals surface area (Å²) in [5, 5.41) is 0. The van der Waals surface area contributed by atoms with E-state index in [9.17, 15) is 4.79 Å². The van der Waals surface area contributed by atoms with Crippen molar-refractivity contribution in [2.45, 2.75) is 131 Å². The van der Waals surface area contributed by atoms with E-state index in [1.807, 2.05) is 0 Å². The van der Waals surface area contributed by atoms with Gasteiger partial charge >= 0.3 is 6.16 Å². The molecule has 4 aliphatic carbocycles. The zero-order valence-corrected chi connectivity index (χ0v) is 23.7. The van der Waals surface area contributed by atoms with Crippen molar-refractivity contribution in [2.24, 2.45) is 46.3 Å². The van der Waals surface area contributed by atoms with E-state index in [4.69, 9.17) is 9.47 Å². The molecule has 3 saturated carbocycles. The van der Waals surface area contributed by atoms with E-state index >= 15 is 0 Å². The molecule has 0 bridgehead atoms. The molecule has 0 aliphatic heterocycles. The normalized spacial score (nSPS) is 39.3. The summed E-state index contributed by atoms with van der Waals surface area (Å²) in [5.41, 5.74) is 2.43. The Labute approximate surface area is 216 Å². The Kier molecular flexibility index (Phi) is 8.64. The van der Waals surface area contributed by atoms with Gasteiger partial charge in [-0.2, -0.15) is 0 Å². The van der Waals surface area contributed by atoms with Crippen molar-refractivity contribution < 1.29 is 14.3 Å². The zero-order chi connectivity index (χ0) is 25.2. The molecule has 0 aromatic heterocycles. The van der Waals surface area contributed by atoms with Gasteiger partial charge in [0.2, 0.25) is 0 Å². The molecule has 0 aromatic carbocycles. The van der Waals surface area contributed by atoms with Crippen LogP contribution in [0, 0.1) is 46.3 Å². The Morgan fingerprint density at radius 3 is 2.57 bits per heavy atom. The van der Waals surface area contributed by atoms with Crippen LogP contribution < -0.4 is 0 Å². The maximum absolute atomic E-state index is 12.1. The van der Waals surface area contributed by atoms with E-state index in [2.05, 4.69) is 47.6 Å². The Bertz CT molecular complexity index is 756. The van der Waals surface area contributed by atoms with Crippen molar-refractivity contribution in [1.82, 2.24) is 0 Å². The summed E-state index contributed by atoms with van der Waals surface area (Å²) in [7, 11) is 0. The molecule has 0 aromatic rings. The summed E-state index contributed by atoms with van der Waals surface area (Å²) in [6.07, 6.45) is 18.3. The van der Waals surface area contributed by atoms with Gasteiger partial charge in [-0.3, -0.25) is 0 Å². The molecule has 0 amide bonds. The first-order chi connectivity index (χ1) is 16.7. The molecule has 0 spiro atoms. The average molecular weight is 487 g/mol. The van der Waals surface area contributed by atoms with Crippen molar-refractivity contribution in [3.63, 3.8) is 0 Å². The first-order valence-corrected chi connectivity index (χ1v) is 15.2. The molecule has 4 aliphatic rings. The quantitative estimate of drug-likeness (QED) is 0.185. The second-order valence-corrected chi connectivity index (χ2v) is 13.7. The van der Waals surface area contributed by atoms with Crippen molar-refractivity contribution in [1.29, 1.82) is 0 Å². The van der Waals surface area contributed by atoms with Crippen molar-refractivity contribution in [3.8, 4) is 0 Å². The minimum absolute atomic E-state index is 0.00333. The number of unbranched alkanes of at least 4 members (excludes halogenated alkanes) is 1. The van der Waals surface area contributed by atoms with Crippen LogP contribution in [0.25, 0.3) is 0 Å². The van der Waals surface area contributed by atoms with Crippen molar-refractivity contribution >= 4 is 6.16 Å². The summed E-state index contributed by atoms with van der Waals surface area (Å²) < 4.78 is 11.0. The van der Waals surface area contributed by atoms with E-state index in [1.54, 1.807) is 5.57 Å². The number of allylic oxidation sites excluding steroid dienone is 1. The van der Waals surface area contributed by atoms with Crippen LogP contribution >= 0.6 is 0 Å². The summed E-state index contributed by atoms with van der Waals surface area (Å²) in [6, 6.07) is 0. The highest BCUT2D eigenvalue weighted by Gasteiger charge is 2.59. The number of ether oxygens (including phenoxy) is 2. The molecular weight excluding hydrogens is 432 g/mol. The van der Waals surface area contributed by atoms with Gasteiger partial charge in [-0.25, -0.2) is 4.79 Å². The first kappa shape index (κ1) is 27.1. The van der Waals surface area contributed by atoms with Crippen LogP contribution in [0.1, 0.15) is 125 Å². The Hall–Kier alpha value is -0.990. The third-order valence-electron chi connectivity index (χ3n) is 11.2. The Balaban J connectivity index is 1.39. The number of carbonyl (C=O) groups is 1. The number of fused-ring (bicyclic) bond motifs is 5. The molecular formula is C32H54O3. The van der Waals surface area contributed by atoms with Crippen LogP contribution in [0.5, 0.6) is 0 Å². The Morgan fingerprint density at radius 2 is 1.83 bits per heavy atom. The topological polar surface area (TPSA) is 35.5 Å². The molecule has 1 unspecified atom stereocenters. The summed E-state index contributed by atoms with van der Waals surface area (Å²) >= 11 is 0. The minimum atomic E-state index is -0.464. The Morgan fingerprint density at radius 1 is 1.03 bits per heavy atom. The number of hydrogen-bond acceptors (Lipinski definition) is 3. The summed E-state index contributed by atoms with van der Waals surface area (Å²) in [5.74, 6) is 5.19. The lowest BCUT2D eigenvalue weighted by Crippen LogP contribution is -2.51. The SMILES string of the molecule is CCCCOC(=O)O[C@H]1CC[C@@]2(C)C(=CC[C@H]3[C@@H]4CC[C@H](C(C)CCCC(C)C)[C@@]4(C)CC[C@@H]32)C1. The summed E-state index contributed by atoms with van der Waals surface area (Å²) in [4.78, 5) is 12.1. The van der Waals surface area contributed by atoms with Gasteiger partial charge in [0.25, 0.3) is 0 Å². The third kappa shape index (κ3) is 5.49. The van der Waals surface area contributed by atoms with E-state index in [1.165, 1.54) is 51.4 Å². The van der Waals surface area contributed by atoms with E-state index in [0.717, 1.165) is 67.6 Å². The van der Waals surface area contributed by atoms with Gasteiger partial charge in [-0.05, 0) is 97.7 Å². The molecule has 4 rings (SSSR count). The van der Waals surface area contributed by atoms with Gasteiger partial charge in [-0.1, -0.05) is 78.9 Å². The predicted molar refractivity (Wildman–Crippen MR) is 144 cm³/mol. The number of rotatable bonds is 9. The smallest absolute Gasteiger partial charge is 0.434 e. The lowest BCUT2D eigenvalue weighted by molar-refractivity contribution is -0.0617. The fourth-order valence-electron chi connectivity index (χ4n) is 9.22. The number of carbonyl (C=O) groups excluding carboxylic acids is 1. The molecule has 3 fully saturated rings. The maximum atomic E-state index is 12.1. The van der Waals surface area contributed by atoms with E-state index < -0.39 is 6.16 Å². The predicted octanol–water partition coefficient (Wildman–Crippen LogP) is 9.35. The lowest BCUT2D eigenvalue weighted by Gasteiger charge is -2.58. The largest absolute Gasteiger partial charge is 0.508 e. The molecule has 3 heteroatoms. The number of hydrogen-bond donors (Lipinski definition) is 0. The summed E-state index contributed by atoms with van der Waals surface area (Å²) in [6.45, 7) is 15.1. The highest BCUT2D eigenvalue weighted by Crippen LogP contribution is 2.67. The average Bonchev–Trinajstić information content (AvgIpc) is 3.16. The molecule has 200 valence electrons. The highest BCUT2D eigenvalue weighted by atomic mass is 16.7. The molecule has 0 radical (unpaired) electrons. The van der Waals surface area contributed by atoms with E-state index in [-0.39, 0.29) is 6.10 Å². The van der Waals surface area contributed by atoms with Gasteiger partial charge in [-0.15, -0.1) is 0 Å². The monoisotopic (exact) mass is 486 g/mol. The fraction of sp³-hybridized carbons (Fsp3) is 0.906. The van der Waals surface area contributed by atoms with Crippen LogP contribution in [0.3, 0.4) is 0 Å². The first-order valence-electron chi connectivity index (χ1n) is 15.2. The van der Waals surface area contributed by atoms with Gasteiger partial charge in [0, 0.05) is 6.42 Å². The van der Waals surface area contributed by atoms with Gasteiger partial charge in [0.05, 0.1) is 6.61 Å². The molecule has 35 heavy (non-hydrogen) atoms. The fourth-order valence-corrected chi connectivity index (χ4v) is 9.22. The van der Waals surface area contributed by atoms with Gasteiger partial charge in [0.1, 0.15) is 6.10 Å². The van der Waals surface area contributed by atoms with Gasteiger partial charge in [0.15, 0.2) is 0 Å². The minimum Gasteiger partial charge on any atom is -0.434 e. The molecule has 0 N–H and O–H groups in total.